The molecule has 1 aliphatic heterocycles. The van der Waals surface area contributed by atoms with E-state index in [4.69, 9.17) is 11.6 Å². The van der Waals surface area contributed by atoms with Crippen LogP contribution in [0, 0.1) is 0 Å². The fraction of sp³-hybridized carbons (Fsp3) is 0.200. The maximum Gasteiger partial charge on any atom is 0.238 e. The van der Waals surface area contributed by atoms with Crippen molar-refractivity contribution < 1.29 is 9.59 Å². The first-order chi connectivity index (χ1) is 11.0. The second kappa shape index (κ2) is 7.25. The summed E-state index contributed by atoms with van der Waals surface area (Å²) in [7, 11) is 0. The standard InChI is InChI=1S/C15H12BrClN2O2S2/c16-8-3-10(22-7-8)6-18-14(20)5-13-15(21)19-11-4-9(17)1-2-12(11)23-13/h1-4,7,13H,5-6H2,(H,18,20)(H,19,21). The van der Waals surface area contributed by atoms with Gasteiger partial charge < -0.3 is 10.6 Å². The highest BCUT2D eigenvalue weighted by molar-refractivity contribution is 9.10. The predicted octanol–water partition coefficient (Wildman–Crippen LogP) is 4.28. The van der Waals surface area contributed by atoms with Crippen LogP contribution in [0.2, 0.25) is 5.02 Å². The lowest BCUT2D eigenvalue weighted by Gasteiger charge is -2.23. The summed E-state index contributed by atoms with van der Waals surface area (Å²) in [6.07, 6.45) is 0.144. The molecule has 0 radical (unpaired) electrons. The first kappa shape index (κ1) is 16.8. The normalized spacial score (nSPS) is 16.6. The molecule has 2 amide bonds. The molecule has 2 heterocycles. The smallest absolute Gasteiger partial charge is 0.238 e. The molecule has 2 aromatic rings. The van der Waals surface area contributed by atoms with Crippen LogP contribution in [0.4, 0.5) is 5.69 Å². The number of carbonyl (C=O) groups is 2. The lowest BCUT2D eigenvalue weighted by molar-refractivity contribution is -0.124. The number of carbonyl (C=O) groups excluding carboxylic acids is 2. The number of amides is 2. The Morgan fingerprint density at radius 1 is 1.39 bits per heavy atom. The zero-order valence-corrected chi connectivity index (χ0v) is 15.7. The van der Waals surface area contributed by atoms with E-state index in [0.717, 1.165) is 14.2 Å². The Morgan fingerprint density at radius 3 is 2.96 bits per heavy atom. The largest absolute Gasteiger partial charge is 0.351 e. The molecular weight excluding hydrogens is 420 g/mol. The number of halogens is 2. The topological polar surface area (TPSA) is 58.2 Å². The Labute approximate surface area is 155 Å². The van der Waals surface area contributed by atoms with Gasteiger partial charge in [-0.3, -0.25) is 9.59 Å². The molecule has 1 unspecified atom stereocenters. The first-order valence-corrected chi connectivity index (χ1v) is 9.71. The zero-order valence-electron chi connectivity index (χ0n) is 11.8. The first-order valence-electron chi connectivity index (χ1n) is 6.78. The molecule has 1 aromatic heterocycles. The van der Waals surface area contributed by atoms with E-state index in [2.05, 4.69) is 26.6 Å². The molecule has 1 aliphatic rings. The van der Waals surface area contributed by atoms with Crippen molar-refractivity contribution in [3.8, 4) is 0 Å². The van der Waals surface area contributed by atoms with E-state index in [0.29, 0.717) is 17.3 Å². The van der Waals surface area contributed by atoms with E-state index in [-0.39, 0.29) is 18.2 Å². The minimum Gasteiger partial charge on any atom is -0.351 e. The quantitative estimate of drug-likeness (QED) is 0.759. The molecule has 3 rings (SSSR count). The van der Waals surface area contributed by atoms with Crippen LogP contribution in [0.5, 0.6) is 0 Å². The maximum atomic E-state index is 12.1. The van der Waals surface area contributed by atoms with Gasteiger partial charge in [-0.1, -0.05) is 11.6 Å². The van der Waals surface area contributed by atoms with E-state index in [1.807, 2.05) is 17.5 Å². The van der Waals surface area contributed by atoms with Gasteiger partial charge >= 0.3 is 0 Å². The van der Waals surface area contributed by atoms with Crippen molar-refractivity contribution in [1.82, 2.24) is 5.32 Å². The molecule has 0 saturated carbocycles. The molecule has 2 N–H and O–H groups in total. The van der Waals surface area contributed by atoms with E-state index < -0.39 is 5.25 Å². The molecule has 8 heteroatoms. The molecule has 120 valence electrons. The highest BCUT2D eigenvalue weighted by Gasteiger charge is 2.29. The second-order valence-electron chi connectivity index (χ2n) is 4.95. The third-order valence-electron chi connectivity index (χ3n) is 3.21. The summed E-state index contributed by atoms with van der Waals surface area (Å²) in [6, 6.07) is 7.31. The molecular formula is C15H12BrClN2O2S2. The lowest BCUT2D eigenvalue weighted by Crippen LogP contribution is -2.34. The lowest BCUT2D eigenvalue weighted by atomic mass is 10.2. The molecule has 0 spiro atoms. The number of thiophene rings is 1. The van der Waals surface area contributed by atoms with Gasteiger partial charge in [0.1, 0.15) is 0 Å². The Kier molecular flexibility index (Phi) is 5.31. The summed E-state index contributed by atoms with van der Waals surface area (Å²) in [6.45, 7) is 0.473. The van der Waals surface area contributed by atoms with Gasteiger partial charge in [-0.25, -0.2) is 0 Å². The number of nitrogens with one attached hydrogen (secondary N) is 2. The maximum absolute atomic E-state index is 12.1. The van der Waals surface area contributed by atoms with Gasteiger partial charge in [-0.15, -0.1) is 23.1 Å². The minimum atomic E-state index is -0.432. The highest BCUT2D eigenvalue weighted by Crippen LogP contribution is 2.38. The summed E-state index contributed by atoms with van der Waals surface area (Å²) in [5.74, 6) is -0.307. The van der Waals surface area contributed by atoms with Crippen LogP contribution in [0.3, 0.4) is 0 Å². The van der Waals surface area contributed by atoms with E-state index >= 15 is 0 Å². The number of benzene rings is 1. The highest BCUT2D eigenvalue weighted by atomic mass is 79.9. The van der Waals surface area contributed by atoms with Crippen LogP contribution in [0.25, 0.3) is 0 Å². The number of hydrogen-bond donors (Lipinski definition) is 2. The van der Waals surface area contributed by atoms with Crippen molar-refractivity contribution >= 4 is 68.1 Å². The van der Waals surface area contributed by atoms with Crippen LogP contribution < -0.4 is 10.6 Å². The van der Waals surface area contributed by atoms with Gasteiger partial charge in [-0.2, -0.15) is 0 Å². The fourth-order valence-electron chi connectivity index (χ4n) is 2.13. The third kappa shape index (κ3) is 4.29. The Bertz CT molecular complexity index is 766. The number of anilines is 1. The number of rotatable bonds is 4. The second-order valence-corrected chi connectivity index (χ2v) is 8.54. The van der Waals surface area contributed by atoms with Crippen molar-refractivity contribution in [2.24, 2.45) is 0 Å². The van der Waals surface area contributed by atoms with Crippen LogP contribution in [0.15, 0.2) is 39.0 Å². The summed E-state index contributed by atoms with van der Waals surface area (Å²) in [5, 5.41) is 7.76. The van der Waals surface area contributed by atoms with Crippen molar-refractivity contribution in [2.45, 2.75) is 23.1 Å². The SMILES string of the molecule is O=C(CC1Sc2ccc(Cl)cc2NC1=O)NCc1cc(Br)cs1. The summed E-state index contributed by atoms with van der Waals surface area (Å²) < 4.78 is 1.00. The Hall–Kier alpha value is -1.02. The fourth-order valence-corrected chi connectivity index (χ4v) is 4.78. The molecule has 0 fully saturated rings. The molecule has 1 aromatic carbocycles. The summed E-state index contributed by atoms with van der Waals surface area (Å²) in [4.78, 5) is 26.2. The monoisotopic (exact) mass is 430 g/mol. The van der Waals surface area contributed by atoms with E-state index in [9.17, 15) is 9.59 Å². The van der Waals surface area contributed by atoms with Crippen molar-refractivity contribution in [2.75, 3.05) is 5.32 Å². The number of hydrogen-bond acceptors (Lipinski definition) is 4. The summed E-state index contributed by atoms with van der Waals surface area (Å²) >= 11 is 12.3. The van der Waals surface area contributed by atoms with Gasteiger partial charge in [0.15, 0.2) is 0 Å². The number of thioether (sulfide) groups is 1. The minimum absolute atomic E-state index is 0.139. The van der Waals surface area contributed by atoms with Gasteiger partial charge in [0, 0.05) is 31.1 Å². The van der Waals surface area contributed by atoms with Crippen molar-refractivity contribution in [3.05, 3.63) is 44.0 Å². The average Bonchev–Trinajstić information content (AvgIpc) is 2.92. The molecule has 23 heavy (non-hydrogen) atoms. The van der Waals surface area contributed by atoms with Crippen molar-refractivity contribution in [3.63, 3.8) is 0 Å². The van der Waals surface area contributed by atoms with Gasteiger partial charge in [0.2, 0.25) is 11.8 Å². The van der Waals surface area contributed by atoms with Gasteiger partial charge in [0.25, 0.3) is 0 Å². The Balaban J connectivity index is 1.58. The number of fused-ring (bicyclic) bond motifs is 1. The van der Waals surface area contributed by atoms with E-state index in [1.165, 1.54) is 11.8 Å². The van der Waals surface area contributed by atoms with Crippen molar-refractivity contribution in [1.29, 1.82) is 0 Å². The predicted molar refractivity (Wildman–Crippen MR) is 98.2 cm³/mol. The molecule has 0 bridgehead atoms. The van der Waals surface area contributed by atoms with Gasteiger partial charge in [-0.05, 0) is 40.2 Å². The zero-order chi connectivity index (χ0) is 16.4. The Morgan fingerprint density at radius 2 is 2.22 bits per heavy atom. The molecule has 0 saturated heterocycles. The third-order valence-corrected chi connectivity index (χ3v) is 6.42. The molecule has 1 atom stereocenters. The van der Waals surface area contributed by atoms with Gasteiger partial charge in [0.05, 0.1) is 17.5 Å². The van der Waals surface area contributed by atoms with E-state index in [1.54, 1.807) is 23.5 Å². The van der Waals surface area contributed by atoms with Crippen LogP contribution in [-0.4, -0.2) is 17.1 Å². The van der Waals surface area contributed by atoms with Crippen LogP contribution >= 0.6 is 50.6 Å². The average molecular weight is 432 g/mol. The van der Waals surface area contributed by atoms with Crippen LogP contribution in [0.1, 0.15) is 11.3 Å². The molecule has 0 aliphatic carbocycles. The summed E-state index contributed by atoms with van der Waals surface area (Å²) in [5.41, 5.74) is 0.701. The molecule has 4 nitrogen and oxygen atoms in total. The van der Waals surface area contributed by atoms with Crippen LogP contribution in [-0.2, 0) is 16.1 Å².